The number of amides is 1. The van der Waals surface area contributed by atoms with Gasteiger partial charge in [-0.3, -0.25) is 4.79 Å². The lowest BCUT2D eigenvalue weighted by Crippen LogP contribution is -2.34. The molecule has 1 aliphatic rings. The maximum Gasteiger partial charge on any atom is 0.446 e. The van der Waals surface area contributed by atoms with Gasteiger partial charge in [0.2, 0.25) is 5.91 Å². The van der Waals surface area contributed by atoms with E-state index in [4.69, 9.17) is 5.73 Å². The lowest BCUT2D eigenvalue weighted by atomic mass is 10.0. The number of anilines is 1. The molecule has 20 heavy (non-hydrogen) atoms. The van der Waals surface area contributed by atoms with Crippen LogP contribution in [0, 0.1) is 5.92 Å². The summed E-state index contributed by atoms with van der Waals surface area (Å²) in [6.45, 7) is 0. The first-order chi connectivity index (χ1) is 9.35. The van der Waals surface area contributed by atoms with Crippen LogP contribution in [0.2, 0.25) is 0 Å². The molecule has 1 aliphatic carbocycles. The summed E-state index contributed by atoms with van der Waals surface area (Å²) in [5, 5.41) is 2.69. The minimum atomic E-state index is -4.30. The Balaban J connectivity index is 1.95. The SMILES string of the molecule is NC1CCCC1C(=O)Nc1ccc(SC(F)(F)F)cc1. The van der Waals surface area contributed by atoms with Crippen LogP contribution < -0.4 is 11.1 Å². The van der Waals surface area contributed by atoms with Gasteiger partial charge in [0, 0.05) is 16.6 Å². The minimum Gasteiger partial charge on any atom is -0.327 e. The van der Waals surface area contributed by atoms with Gasteiger partial charge in [0.25, 0.3) is 0 Å². The molecule has 1 amide bonds. The number of halogens is 3. The number of nitrogens with one attached hydrogen (secondary N) is 1. The molecule has 0 bridgehead atoms. The first kappa shape index (κ1) is 15.2. The van der Waals surface area contributed by atoms with E-state index in [1.54, 1.807) is 0 Å². The summed E-state index contributed by atoms with van der Waals surface area (Å²) >= 11 is -0.179. The highest BCUT2D eigenvalue weighted by molar-refractivity contribution is 8.00. The molecule has 1 saturated carbocycles. The second-order valence-corrected chi connectivity index (χ2v) is 5.90. The zero-order valence-corrected chi connectivity index (χ0v) is 11.4. The van der Waals surface area contributed by atoms with Crippen LogP contribution in [-0.2, 0) is 4.79 Å². The Hall–Kier alpha value is -1.21. The number of benzene rings is 1. The lowest BCUT2D eigenvalue weighted by Gasteiger charge is -2.15. The summed E-state index contributed by atoms with van der Waals surface area (Å²) in [6, 6.07) is 5.47. The van der Waals surface area contributed by atoms with Crippen molar-refractivity contribution in [2.24, 2.45) is 11.7 Å². The highest BCUT2D eigenvalue weighted by atomic mass is 32.2. The average Bonchev–Trinajstić information content (AvgIpc) is 2.76. The van der Waals surface area contributed by atoms with Crippen molar-refractivity contribution in [3.8, 4) is 0 Å². The molecular formula is C13H15F3N2OS. The summed E-state index contributed by atoms with van der Waals surface area (Å²) in [6.07, 6.45) is 2.52. The molecule has 0 spiro atoms. The van der Waals surface area contributed by atoms with Gasteiger partial charge in [-0.25, -0.2) is 0 Å². The molecule has 0 saturated heterocycles. The second-order valence-electron chi connectivity index (χ2n) is 4.76. The summed E-state index contributed by atoms with van der Waals surface area (Å²) in [4.78, 5) is 12.1. The van der Waals surface area contributed by atoms with Crippen molar-refractivity contribution in [3.63, 3.8) is 0 Å². The topological polar surface area (TPSA) is 55.1 Å². The van der Waals surface area contributed by atoms with Gasteiger partial charge in [-0.05, 0) is 48.9 Å². The van der Waals surface area contributed by atoms with E-state index in [2.05, 4.69) is 5.32 Å². The summed E-state index contributed by atoms with van der Waals surface area (Å²) < 4.78 is 36.5. The largest absolute Gasteiger partial charge is 0.446 e. The van der Waals surface area contributed by atoms with Crippen molar-refractivity contribution in [2.75, 3.05) is 5.32 Å². The smallest absolute Gasteiger partial charge is 0.327 e. The van der Waals surface area contributed by atoms with Crippen LogP contribution in [0.3, 0.4) is 0 Å². The Kier molecular flexibility index (Phi) is 4.59. The highest BCUT2D eigenvalue weighted by Crippen LogP contribution is 2.37. The lowest BCUT2D eigenvalue weighted by molar-refractivity contribution is -0.120. The van der Waals surface area contributed by atoms with Crippen LogP contribution >= 0.6 is 11.8 Å². The Morgan fingerprint density at radius 2 is 1.90 bits per heavy atom. The van der Waals surface area contributed by atoms with Gasteiger partial charge in [0.15, 0.2) is 0 Å². The molecule has 2 rings (SSSR count). The van der Waals surface area contributed by atoms with E-state index in [9.17, 15) is 18.0 Å². The van der Waals surface area contributed by atoms with Gasteiger partial charge < -0.3 is 11.1 Å². The fraction of sp³-hybridized carbons (Fsp3) is 0.462. The van der Waals surface area contributed by atoms with Gasteiger partial charge in [0.05, 0.1) is 5.92 Å². The van der Waals surface area contributed by atoms with Crippen molar-refractivity contribution in [3.05, 3.63) is 24.3 Å². The van der Waals surface area contributed by atoms with Crippen molar-refractivity contribution < 1.29 is 18.0 Å². The molecule has 1 aromatic rings. The van der Waals surface area contributed by atoms with E-state index in [1.165, 1.54) is 24.3 Å². The molecule has 1 fully saturated rings. The maximum absolute atomic E-state index is 12.2. The number of hydrogen-bond acceptors (Lipinski definition) is 3. The Bertz CT molecular complexity index is 475. The van der Waals surface area contributed by atoms with E-state index in [0.29, 0.717) is 5.69 Å². The van der Waals surface area contributed by atoms with E-state index < -0.39 is 5.51 Å². The van der Waals surface area contributed by atoms with Crippen molar-refractivity contribution >= 4 is 23.4 Å². The van der Waals surface area contributed by atoms with Gasteiger partial charge in [0.1, 0.15) is 0 Å². The zero-order chi connectivity index (χ0) is 14.8. The van der Waals surface area contributed by atoms with Crippen LogP contribution in [-0.4, -0.2) is 17.5 Å². The quantitative estimate of drug-likeness (QED) is 0.842. The molecule has 3 N–H and O–H groups in total. The number of thioether (sulfide) groups is 1. The van der Waals surface area contributed by atoms with Crippen LogP contribution in [0.4, 0.5) is 18.9 Å². The normalized spacial score (nSPS) is 22.8. The maximum atomic E-state index is 12.2. The number of alkyl halides is 3. The van der Waals surface area contributed by atoms with Gasteiger partial charge in [-0.2, -0.15) is 13.2 Å². The monoisotopic (exact) mass is 304 g/mol. The Labute approximate surface area is 119 Å². The molecule has 2 atom stereocenters. The molecular weight excluding hydrogens is 289 g/mol. The second kappa shape index (κ2) is 6.05. The fourth-order valence-electron chi connectivity index (χ4n) is 2.29. The Morgan fingerprint density at radius 1 is 1.25 bits per heavy atom. The molecule has 0 aliphatic heterocycles. The standard InChI is InChI=1S/C13H15F3N2OS/c14-13(15,16)20-9-6-4-8(5-7-9)18-12(19)10-2-1-3-11(10)17/h4-7,10-11H,1-3,17H2,(H,18,19). The third-order valence-corrected chi connectivity index (χ3v) is 4.00. The van der Waals surface area contributed by atoms with Crippen molar-refractivity contribution in [1.82, 2.24) is 0 Å². The number of hydrogen-bond donors (Lipinski definition) is 2. The summed E-state index contributed by atoms with van der Waals surface area (Å²) in [5.41, 5.74) is 2.02. The van der Waals surface area contributed by atoms with Crippen LogP contribution in [0.5, 0.6) is 0 Å². The van der Waals surface area contributed by atoms with Crippen molar-refractivity contribution in [2.45, 2.75) is 35.7 Å². The predicted molar refractivity (Wildman–Crippen MR) is 72.3 cm³/mol. The molecule has 3 nitrogen and oxygen atoms in total. The minimum absolute atomic E-state index is 0.0908. The number of nitrogens with two attached hydrogens (primary N) is 1. The Morgan fingerprint density at radius 3 is 2.40 bits per heavy atom. The fourth-order valence-corrected chi connectivity index (χ4v) is 2.83. The highest BCUT2D eigenvalue weighted by Gasteiger charge is 2.31. The van der Waals surface area contributed by atoms with E-state index in [0.717, 1.165) is 19.3 Å². The van der Waals surface area contributed by atoms with Crippen molar-refractivity contribution in [1.29, 1.82) is 0 Å². The molecule has 0 aromatic heterocycles. The zero-order valence-electron chi connectivity index (χ0n) is 10.6. The summed E-state index contributed by atoms with van der Waals surface area (Å²) in [5.74, 6) is -0.370. The molecule has 2 unspecified atom stereocenters. The van der Waals surface area contributed by atoms with Crippen LogP contribution in [0.25, 0.3) is 0 Å². The first-order valence-corrected chi connectivity index (χ1v) is 7.09. The molecule has 0 heterocycles. The summed E-state index contributed by atoms with van der Waals surface area (Å²) in [7, 11) is 0. The first-order valence-electron chi connectivity index (χ1n) is 6.27. The number of carbonyl (C=O) groups is 1. The molecule has 0 radical (unpaired) electrons. The van der Waals surface area contributed by atoms with E-state index in [1.807, 2.05) is 0 Å². The molecule has 7 heteroatoms. The van der Waals surface area contributed by atoms with Gasteiger partial charge >= 0.3 is 5.51 Å². The van der Waals surface area contributed by atoms with Gasteiger partial charge in [-0.1, -0.05) is 6.42 Å². The van der Waals surface area contributed by atoms with Crippen LogP contribution in [0.1, 0.15) is 19.3 Å². The van der Waals surface area contributed by atoms with Gasteiger partial charge in [-0.15, -0.1) is 0 Å². The molecule has 110 valence electrons. The number of carbonyl (C=O) groups excluding carboxylic acids is 1. The molecule has 1 aromatic carbocycles. The third kappa shape index (κ3) is 4.14. The van der Waals surface area contributed by atoms with E-state index >= 15 is 0 Å². The van der Waals surface area contributed by atoms with Crippen LogP contribution in [0.15, 0.2) is 29.2 Å². The van der Waals surface area contributed by atoms with E-state index in [-0.39, 0.29) is 34.5 Å². The average molecular weight is 304 g/mol. The number of rotatable bonds is 3. The third-order valence-electron chi connectivity index (χ3n) is 3.26. The predicted octanol–water partition coefficient (Wildman–Crippen LogP) is 3.36.